The van der Waals surface area contributed by atoms with Crippen LogP contribution in [0.4, 0.5) is 4.39 Å². The van der Waals surface area contributed by atoms with E-state index in [0.29, 0.717) is 17.9 Å². The molecule has 0 bridgehead atoms. The second-order valence-electron chi connectivity index (χ2n) is 4.62. The van der Waals surface area contributed by atoms with Gasteiger partial charge >= 0.3 is 0 Å². The number of aliphatic hydroxyl groups excluding tert-OH is 1. The van der Waals surface area contributed by atoms with Crippen molar-refractivity contribution >= 4 is 15.9 Å². The van der Waals surface area contributed by atoms with Crippen molar-refractivity contribution in [3.63, 3.8) is 0 Å². The van der Waals surface area contributed by atoms with Crippen molar-refractivity contribution in [3.8, 4) is 11.5 Å². The van der Waals surface area contributed by atoms with E-state index in [9.17, 15) is 9.50 Å². The van der Waals surface area contributed by atoms with Crippen LogP contribution in [0, 0.1) is 5.82 Å². The number of rotatable bonds is 5. The standard InChI is InChI=1S/C16H16BrFO3/c1-10(19)13-8-12(18)4-6-15(13)21-9-11-3-5-16(20-2)14(17)7-11/h3-8,10,19H,9H2,1-2H3. The Balaban J connectivity index is 2.15. The SMILES string of the molecule is COc1ccc(COc2ccc(F)cc2C(C)O)cc1Br. The molecule has 0 aliphatic heterocycles. The van der Waals surface area contributed by atoms with Gasteiger partial charge in [0, 0.05) is 5.56 Å². The molecule has 0 saturated carbocycles. The van der Waals surface area contributed by atoms with Gasteiger partial charge in [-0.2, -0.15) is 0 Å². The number of hydrogen-bond donors (Lipinski definition) is 1. The highest BCUT2D eigenvalue weighted by Gasteiger charge is 2.11. The van der Waals surface area contributed by atoms with Crippen LogP contribution in [-0.4, -0.2) is 12.2 Å². The van der Waals surface area contributed by atoms with Gasteiger partial charge in [0.2, 0.25) is 0 Å². The van der Waals surface area contributed by atoms with Crippen LogP contribution < -0.4 is 9.47 Å². The maximum atomic E-state index is 13.2. The van der Waals surface area contributed by atoms with Gasteiger partial charge in [0.05, 0.1) is 17.7 Å². The quantitative estimate of drug-likeness (QED) is 0.873. The highest BCUT2D eigenvalue weighted by atomic mass is 79.9. The summed E-state index contributed by atoms with van der Waals surface area (Å²) >= 11 is 3.41. The van der Waals surface area contributed by atoms with E-state index in [4.69, 9.17) is 9.47 Å². The summed E-state index contributed by atoms with van der Waals surface area (Å²) in [6.07, 6.45) is -0.793. The van der Waals surface area contributed by atoms with Crippen LogP contribution >= 0.6 is 15.9 Å². The number of methoxy groups -OCH3 is 1. The molecule has 0 radical (unpaired) electrons. The molecular weight excluding hydrogens is 339 g/mol. The van der Waals surface area contributed by atoms with Gasteiger partial charge in [0.1, 0.15) is 23.9 Å². The second kappa shape index (κ2) is 6.91. The fraction of sp³-hybridized carbons (Fsp3) is 0.250. The summed E-state index contributed by atoms with van der Waals surface area (Å²) in [5.41, 5.74) is 1.37. The Morgan fingerprint density at radius 2 is 1.90 bits per heavy atom. The number of halogens is 2. The number of benzene rings is 2. The summed E-state index contributed by atoms with van der Waals surface area (Å²) in [7, 11) is 1.60. The van der Waals surface area contributed by atoms with E-state index in [1.165, 1.54) is 18.2 Å². The Morgan fingerprint density at radius 3 is 2.52 bits per heavy atom. The summed E-state index contributed by atoms with van der Waals surface area (Å²) < 4.78 is 24.9. The highest BCUT2D eigenvalue weighted by Crippen LogP contribution is 2.29. The fourth-order valence-electron chi connectivity index (χ4n) is 1.94. The second-order valence-corrected chi connectivity index (χ2v) is 5.47. The largest absolute Gasteiger partial charge is 0.496 e. The average Bonchev–Trinajstić information content (AvgIpc) is 2.46. The lowest BCUT2D eigenvalue weighted by Crippen LogP contribution is -2.02. The molecular formula is C16H16BrFO3. The first-order valence-electron chi connectivity index (χ1n) is 6.44. The molecule has 2 rings (SSSR count). The monoisotopic (exact) mass is 354 g/mol. The molecule has 0 aromatic heterocycles. The van der Waals surface area contributed by atoms with Crippen LogP contribution in [0.15, 0.2) is 40.9 Å². The third-order valence-corrected chi connectivity index (χ3v) is 3.65. The zero-order chi connectivity index (χ0) is 15.4. The average molecular weight is 355 g/mol. The van der Waals surface area contributed by atoms with Gasteiger partial charge in [0.25, 0.3) is 0 Å². The predicted octanol–water partition coefficient (Wildman–Crippen LogP) is 4.23. The summed E-state index contributed by atoms with van der Waals surface area (Å²) in [5, 5.41) is 9.67. The molecule has 0 fully saturated rings. The Kier molecular flexibility index (Phi) is 5.20. The van der Waals surface area contributed by atoms with Crippen LogP contribution in [0.2, 0.25) is 0 Å². The van der Waals surface area contributed by atoms with Crippen LogP contribution in [0.5, 0.6) is 11.5 Å². The number of hydrogen-bond acceptors (Lipinski definition) is 3. The minimum Gasteiger partial charge on any atom is -0.496 e. The molecule has 21 heavy (non-hydrogen) atoms. The summed E-state index contributed by atoms with van der Waals surface area (Å²) in [5.74, 6) is 0.814. The van der Waals surface area contributed by atoms with Gasteiger partial charge in [-0.3, -0.25) is 0 Å². The highest BCUT2D eigenvalue weighted by molar-refractivity contribution is 9.10. The molecule has 2 aromatic rings. The minimum atomic E-state index is -0.793. The van der Waals surface area contributed by atoms with Crippen molar-refractivity contribution in [2.45, 2.75) is 19.6 Å². The number of aliphatic hydroxyl groups is 1. The molecule has 1 unspecified atom stereocenters. The molecule has 5 heteroatoms. The lowest BCUT2D eigenvalue weighted by Gasteiger charge is -2.14. The molecule has 3 nitrogen and oxygen atoms in total. The number of ether oxygens (including phenoxy) is 2. The van der Waals surface area contributed by atoms with Gasteiger partial charge in [-0.25, -0.2) is 4.39 Å². The first-order valence-corrected chi connectivity index (χ1v) is 7.23. The Morgan fingerprint density at radius 1 is 1.19 bits per heavy atom. The Labute approximate surface area is 131 Å². The summed E-state index contributed by atoms with van der Waals surface area (Å²) in [4.78, 5) is 0. The van der Waals surface area contributed by atoms with E-state index in [1.54, 1.807) is 14.0 Å². The normalized spacial score (nSPS) is 12.0. The van der Waals surface area contributed by atoms with Crippen LogP contribution in [-0.2, 0) is 6.61 Å². The molecule has 0 spiro atoms. The van der Waals surface area contributed by atoms with Gasteiger partial charge in [0.15, 0.2) is 0 Å². The molecule has 0 aliphatic rings. The molecule has 2 aromatic carbocycles. The minimum absolute atomic E-state index is 0.313. The molecule has 1 atom stereocenters. The van der Waals surface area contributed by atoms with Gasteiger partial charge in [-0.1, -0.05) is 6.07 Å². The first kappa shape index (κ1) is 15.8. The molecule has 1 N–H and O–H groups in total. The molecule has 0 heterocycles. The zero-order valence-corrected chi connectivity index (χ0v) is 13.4. The van der Waals surface area contributed by atoms with Crippen molar-refractivity contribution in [2.75, 3.05) is 7.11 Å². The summed E-state index contributed by atoms with van der Waals surface area (Å²) in [6, 6.07) is 9.73. The van der Waals surface area contributed by atoms with Crippen molar-refractivity contribution in [1.82, 2.24) is 0 Å². The smallest absolute Gasteiger partial charge is 0.133 e. The van der Waals surface area contributed by atoms with E-state index in [-0.39, 0.29) is 0 Å². The van der Waals surface area contributed by atoms with Crippen LogP contribution in [0.3, 0.4) is 0 Å². The molecule has 112 valence electrons. The van der Waals surface area contributed by atoms with Crippen molar-refractivity contribution < 1.29 is 19.0 Å². The van der Waals surface area contributed by atoms with Crippen molar-refractivity contribution in [1.29, 1.82) is 0 Å². The first-order chi connectivity index (χ1) is 10.0. The van der Waals surface area contributed by atoms with E-state index in [2.05, 4.69) is 15.9 Å². The van der Waals surface area contributed by atoms with E-state index >= 15 is 0 Å². The predicted molar refractivity (Wildman–Crippen MR) is 82.1 cm³/mol. The van der Waals surface area contributed by atoms with Crippen LogP contribution in [0.25, 0.3) is 0 Å². The lowest BCUT2D eigenvalue weighted by atomic mass is 10.1. The Bertz CT molecular complexity index is 629. The van der Waals surface area contributed by atoms with Gasteiger partial charge in [-0.05, 0) is 58.7 Å². The van der Waals surface area contributed by atoms with Gasteiger partial charge in [-0.15, -0.1) is 0 Å². The third kappa shape index (κ3) is 3.95. The molecule has 0 aliphatic carbocycles. The topological polar surface area (TPSA) is 38.7 Å². The third-order valence-electron chi connectivity index (χ3n) is 3.03. The molecule has 0 amide bonds. The lowest BCUT2D eigenvalue weighted by molar-refractivity contribution is 0.189. The van der Waals surface area contributed by atoms with E-state index in [1.807, 2.05) is 18.2 Å². The summed E-state index contributed by atoms with van der Waals surface area (Å²) in [6.45, 7) is 1.89. The van der Waals surface area contributed by atoms with Crippen LogP contribution in [0.1, 0.15) is 24.2 Å². The van der Waals surface area contributed by atoms with E-state index < -0.39 is 11.9 Å². The van der Waals surface area contributed by atoms with E-state index in [0.717, 1.165) is 15.8 Å². The molecule has 0 saturated heterocycles. The maximum Gasteiger partial charge on any atom is 0.133 e. The Hall–Kier alpha value is -1.59. The zero-order valence-electron chi connectivity index (χ0n) is 11.8. The van der Waals surface area contributed by atoms with Crippen molar-refractivity contribution in [3.05, 3.63) is 57.8 Å². The van der Waals surface area contributed by atoms with Crippen molar-refractivity contribution in [2.24, 2.45) is 0 Å². The van der Waals surface area contributed by atoms with Gasteiger partial charge < -0.3 is 14.6 Å². The fourth-order valence-corrected chi connectivity index (χ4v) is 2.53. The maximum absolute atomic E-state index is 13.2.